The van der Waals surface area contributed by atoms with Crippen LogP contribution >= 0.6 is 0 Å². The molecule has 2 aromatic rings. The number of aromatic nitrogens is 2. The molecule has 1 aromatic heterocycles. The van der Waals surface area contributed by atoms with Gasteiger partial charge in [0.25, 0.3) is 0 Å². The molecule has 3 rings (SSSR count). The van der Waals surface area contributed by atoms with Gasteiger partial charge in [-0.2, -0.15) is 5.10 Å². The first kappa shape index (κ1) is 13.2. The number of anilines is 1. The second kappa shape index (κ2) is 5.31. The van der Waals surface area contributed by atoms with E-state index in [9.17, 15) is 0 Å². The molecular weight excluding hydrogens is 246 g/mol. The van der Waals surface area contributed by atoms with Crippen molar-refractivity contribution in [1.82, 2.24) is 9.78 Å². The smallest absolute Gasteiger partial charge is 0.0647 e. The third kappa shape index (κ3) is 3.03. The minimum Gasteiger partial charge on any atom is -0.382 e. The molecule has 106 valence electrons. The molecule has 3 nitrogen and oxygen atoms in total. The molecule has 1 aliphatic rings. The first-order valence-corrected chi connectivity index (χ1v) is 7.49. The first-order valence-electron chi connectivity index (χ1n) is 7.49. The van der Waals surface area contributed by atoms with E-state index < -0.39 is 0 Å². The Hall–Kier alpha value is -1.77. The van der Waals surface area contributed by atoms with Gasteiger partial charge in [-0.15, -0.1) is 0 Å². The minimum atomic E-state index is 0.477. The fourth-order valence-electron chi connectivity index (χ4n) is 3.19. The Morgan fingerprint density at radius 1 is 1.25 bits per heavy atom. The van der Waals surface area contributed by atoms with Crippen molar-refractivity contribution < 1.29 is 0 Å². The Balaban J connectivity index is 1.66. The van der Waals surface area contributed by atoms with Crippen LogP contribution < -0.4 is 5.32 Å². The van der Waals surface area contributed by atoms with Gasteiger partial charge in [0, 0.05) is 24.1 Å². The molecule has 20 heavy (non-hydrogen) atoms. The number of rotatable bonds is 3. The van der Waals surface area contributed by atoms with Gasteiger partial charge < -0.3 is 5.32 Å². The second-order valence-electron chi connectivity index (χ2n) is 6.60. The average Bonchev–Trinajstić information content (AvgIpc) is 2.92. The molecule has 0 radical (unpaired) electrons. The molecule has 1 fully saturated rings. The van der Waals surface area contributed by atoms with Crippen molar-refractivity contribution in [3.63, 3.8) is 0 Å². The maximum atomic E-state index is 4.25. The summed E-state index contributed by atoms with van der Waals surface area (Å²) in [5.41, 5.74) is 2.79. The van der Waals surface area contributed by atoms with E-state index in [-0.39, 0.29) is 0 Å². The minimum absolute atomic E-state index is 0.477. The lowest BCUT2D eigenvalue weighted by atomic mass is 9.75. The van der Waals surface area contributed by atoms with Gasteiger partial charge >= 0.3 is 0 Å². The standard InChI is InChI=1S/C17H23N3/c1-17(2)10-3-5-15(13-17)19-14-6-8-16(9-7-14)20-12-4-11-18-20/h4,6-9,11-12,15,19H,3,5,10,13H2,1-2H3. The van der Waals surface area contributed by atoms with Crippen molar-refractivity contribution >= 4 is 5.69 Å². The molecule has 1 heterocycles. The van der Waals surface area contributed by atoms with Crippen LogP contribution in [-0.4, -0.2) is 15.8 Å². The molecule has 1 aromatic carbocycles. The van der Waals surface area contributed by atoms with Gasteiger partial charge in [-0.25, -0.2) is 4.68 Å². The van der Waals surface area contributed by atoms with Gasteiger partial charge in [0.1, 0.15) is 0 Å². The maximum absolute atomic E-state index is 4.25. The Morgan fingerprint density at radius 2 is 2.05 bits per heavy atom. The molecule has 0 saturated heterocycles. The van der Waals surface area contributed by atoms with E-state index in [1.165, 1.54) is 31.4 Å². The van der Waals surface area contributed by atoms with Crippen molar-refractivity contribution in [1.29, 1.82) is 0 Å². The van der Waals surface area contributed by atoms with E-state index in [0.717, 1.165) is 5.69 Å². The molecular formula is C17H23N3. The predicted molar refractivity (Wildman–Crippen MR) is 83.2 cm³/mol. The highest BCUT2D eigenvalue weighted by Gasteiger charge is 2.27. The van der Waals surface area contributed by atoms with Gasteiger partial charge in [-0.1, -0.05) is 20.3 Å². The fraction of sp³-hybridized carbons (Fsp3) is 0.471. The summed E-state index contributed by atoms with van der Waals surface area (Å²) in [6.07, 6.45) is 8.99. The molecule has 3 heteroatoms. The summed E-state index contributed by atoms with van der Waals surface area (Å²) in [4.78, 5) is 0. The Labute approximate surface area is 121 Å². The SMILES string of the molecule is CC1(C)CCCC(Nc2ccc(-n3cccn3)cc2)C1. The maximum Gasteiger partial charge on any atom is 0.0647 e. The Bertz CT molecular complexity index is 540. The van der Waals surface area contributed by atoms with Crippen molar-refractivity contribution in [3.8, 4) is 5.69 Å². The van der Waals surface area contributed by atoms with Crippen LogP contribution in [0.15, 0.2) is 42.7 Å². The largest absolute Gasteiger partial charge is 0.382 e. The monoisotopic (exact) mass is 269 g/mol. The summed E-state index contributed by atoms with van der Waals surface area (Å²) >= 11 is 0. The number of hydrogen-bond acceptors (Lipinski definition) is 2. The van der Waals surface area contributed by atoms with E-state index in [1.54, 1.807) is 6.20 Å². The number of benzene rings is 1. The number of nitrogens with one attached hydrogen (secondary N) is 1. The fourth-order valence-corrected chi connectivity index (χ4v) is 3.19. The van der Waals surface area contributed by atoms with Gasteiger partial charge in [-0.05, 0) is 55.0 Å². The van der Waals surface area contributed by atoms with Crippen molar-refractivity contribution in [2.24, 2.45) is 5.41 Å². The van der Waals surface area contributed by atoms with Crippen LogP contribution in [0.5, 0.6) is 0 Å². The topological polar surface area (TPSA) is 29.9 Å². The highest BCUT2D eigenvalue weighted by atomic mass is 15.3. The van der Waals surface area contributed by atoms with Crippen molar-refractivity contribution in [2.75, 3.05) is 5.32 Å². The van der Waals surface area contributed by atoms with E-state index in [0.29, 0.717) is 11.5 Å². The molecule has 1 atom stereocenters. The summed E-state index contributed by atoms with van der Waals surface area (Å²) in [5, 5.41) is 7.93. The van der Waals surface area contributed by atoms with Gasteiger partial charge in [0.2, 0.25) is 0 Å². The summed E-state index contributed by atoms with van der Waals surface area (Å²) in [6.45, 7) is 4.75. The molecule has 1 unspecified atom stereocenters. The number of hydrogen-bond donors (Lipinski definition) is 1. The third-order valence-corrected chi connectivity index (χ3v) is 4.21. The van der Waals surface area contributed by atoms with E-state index in [2.05, 4.69) is 48.5 Å². The van der Waals surface area contributed by atoms with E-state index in [4.69, 9.17) is 0 Å². The van der Waals surface area contributed by atoms with Crippen molar-refractivity contribution in [3.05, 3.63) is 42.7 Å². The molecule has 1 aliphatic carbocycles. The molecule has 1 N–H and O–H groups in total. The van der Waals surface area contributed by atoms with E-state index >= 15 is 0 Å². The zero-order valence-electron chi connectivity index (χ0n) is 12.3. The molecule has 0 spiro atoms. The summed E-state index contributed by atoms with van der Waals surface area (Å²) in [7, 11) is 0. The zero-order chi connectivity index (χ0) is 14.0. The van der Waals surface area contributed by atoms with Gasteiger partial charge in [0.15, 0.2) is 0 Å². The van der Waals surface area contributed by atoms with Crippen LogP contribution in [0.4, 0.5) is 5.69 Å². The molecule has 0 bridgehead atoms. The Morgan fingerprint density at radius 3 is 2.70 bits per heavy atom. The second-order valence-corrected chi connectivity index (χ2v) is 6.60. The van der Waals surface area contributed by atoms with Crippen LogP contribution in [0, 0.1) is 5.41 Å². The van der Waals surface area contributed by atoms with Crippen LogP contribution in [-0.2, 0) is 0 Å². The van der Waals surface area contributed by atoms with Crippen molar-refractivity contribution in [2.45, 2.75) is 45.6 Å². The molecule has 0 amide bonds. The van der Waals surface area contributed by atoms with Gasteiger partial charge in [-0.3, -0.25) is 0 Å². The number of nitrogens with zero attached hydrogens (tertiary/aromatic N) is 2. The molecule has 0 aliphatic heterocycles. The summed E-state index contributed by atoms with van der Waals surface area (Å²) < 4.78 is 1.88. The highest BCUT2D eigenvalue weighted by Crippen LogP contribution is 2.36. The van der Waals surface area contributed by atoms with Crippen LogP contribution in [0.3, 0.4) is 0 Å². The lowest BCUT2D eigenvalue weighted by Gasteiger charge is -2.36. The van der Waals surface area contributed by atoms with Crippen LogP contribution in [0.2, 0.25) is 0 Å². The van der Waals surface area contributed by atoms with E-state index in [1.807, 2.05) is 16.9 Å². The molecule has 1 saturated carbocycles. The first-order chi connectivity index (χ1) is 9.62. The quantitative estimate of drug-likeness (QED) is 0.902. The van der Waals surface area contributed by atoms with Gasteiger partial charge in [0.05, 0.1) is 5.69 Å². The summed E-state index contributed by atoms with van der Waals surface area (Å²) in [6, 6.07) is 11.1. The lowest BCUT2D eigenvalue weighted by molar-refractivity contribution is 0.229. The average molecular weight is 269 g/mol. The van der Waals surface area contributed by atoms with Crippen LogP contribution in [0.25, 0.3) is 5.69 Å². The third-order valence-electron chi connectivity index (χ3n) is 4.21. The lowest BCUT2D eigenvalue weighted by Crippen LogP contribution is -2.31. The van der Waals surface area contributed by atoms with Crippen LogP contribution in [0.1, 0.15) is 39.5 Å². The predicted octanol–water partition coefficient (Wildman–Crippen LogP) is 4.25. The highest BCUT2D eigenvalue weighted by molar-refractivity contribution is 5.49. The summed E-state index contributed by atoms with van der Waals surface area (Å²) in [5.74, 6) is 0. The Kier molecular flexibility index (Phi) is 3.51. The normalized spacial score (nSPS) is 21.6. The zero-order valence-corrected chi connectivity index (χ0v) is 12.3.